The lowest BCUT2D eigenvalue weighted by molar-refractivity contribution is -0.213. The molecule has 0 bridgehead atoms. The van der Waals surface area contributed by atoms with E-state index in [9.17, 15) is 24.1 Å². The fourth-order valence-electron chi connectivity index (χ4n) is 1.62. The van der Waals surface area contributed by atoms with Crippen LogP contribution in [0.5, 0.6) is 0 Å². The number of hydrogen-bond donors (Lipinski definition) is 3. The lowest BCUT2D eigenvalue weighted by atomic mass is 9.86. The van der Waals surface area contributed by atoms with E-state index in [1.807, 2.05) is 0 Å². The van der Waals surface area contributed by atoms with Crippen LogP contribution >= 0.6 is 0 Å². The van der Waals surface area contributed by atoms with Gasteiger partial charge in [0.15, 0.2) is 11.9 Å². The summed E-state index contributed by atoms with van der Waals surface area (Å²) in [5, 5.41) is 28.2. The van der Waals surface area contributed by atoms with Crippen LogP contribution in [-0.4, -0.2) is 45.3 Å². The van der Waals surface area contributed by atoms with Crippen LogP contribution in [0.1, 0.15) is 20.3 Å². The molecule has 4 nitrogen and oxygen atoms in total. The third-order valence-corrected chi connectivity index (χ3v) is 2.77. The van der Waals surface area contributed by atoms with E-state index in [1.165, 1.54) is 6.92 Å². The van der Waals surface area contributed by atoms with E-state index in [0.717, 1.165) is 6.92 Å². The van der Waals surface area contributed by atoms with E-state index in [1.54, 1.807) is 0 Å². The molecule has 1 fully saturated rings. The highest BCUT2D eigenvalue weighted by atomic mass is 19.3. The van der Waals surface area contributed by atoms with Gasteiger partial charge in [-0.05, 0) is 13.3 Å². The molecule has 14 heavy (non-hydrogen) atoms. The summed E-state index contributed by atoms with van der Waals surface area (Å²) in [6, 6.07) is 0. The molecular formula is C8H14F2O4. The highest BCUT2D eigenvalue weighted by Crippen LogP contribution is 2.43. The molecule has 0 aromatic carbocycles. The molecule has 0 aromatic heterocycles. The van der Waals surface area contributed by atoms with Crippen molar-refractivity contribution in [1.29, 1.82) is 0 Å². The average Bonchev–Trinajstić information content (AvgIpc) is 2.27. The molecule has 6 heteroatoms. The first-order valence-corrected chi connectivity index (χ1v) is 4.33. The Kier molecular flexibility index (Phi) is 2.84. The Morgan fingerprint density at radius 1 is 1.43 bits per heavy atom. The summed E-state index contributed by atoms with van der Waals surface area (Å²) < 4.78 is 29.9. The average molecular weight is 212 g/mol. The molecule has 0 aliphatic carbocycles. The molecule has 3 N–H and O–H groups in total. The Labute approximate surface area is 80.1 Å². The van der Waals surface area contributed by atoms with Crippen LogP contribution in [0.4, 0.5) is 8.78 Å². The van der Waals surface area contributed by atoms with Gasteiger partial charge in [0.25, 0.3) is 6.43 Å². The number of aliphatic hydroxyl groups is 3. The second kappa shape index (κ2) is 3.37. The van der Waals surface area contributed by atoms with E-state index in [0.29, 0.717) is 0 Å². The van der Waals surface area contributed by atoms with Crippen LogP contribution < -0.4 is 0 Å². The van der Waals surface area contributed by atoms with E-state index in [2.05, 4.69) is 4.74 Å². The molecule has 1 saturated heterocycles. The SMILES string of the molecule is CC[C@@]1(C(F)F)OC(O)[C@](C)(O)[C@@H]1O. The number of aliphatic hydroxyl groups excluding tert-OH is 2. The molecule has 4 atom stereocenters. The molecule has 0 aromatic rings. The predicted molar refractivity (Wildman–Crippen MR) is 42.7 cm³/mol. The van der Waals surface area contributed by atoms with Crippen molar-refractivity contribution >= 4 is 0 Å². The third-order valence-electron chi connectivity index (χ3n) is 2.77. The van der Waals surface area contributed by atoms with Gasteiger partial charge in [-0.3, -0.25) is 0 Å². The van der Waals surface area contributed by atoms with Gasteiger partial charge in [0.2, 0.25) is 0 Å². The molecule has 1 unspecified atom stereocenters. The van der Waals surface area contributed by atoms with E-state index in [4.69, 9.17) is 0 Å². The van der Waals surface area contributed by atoms with Crippen LogP contribution in [0.25, 0.3) is 0 Å². The number of halogens is 2. The minimum atomic E-state index is -2.97. The van der Waals surface area contributed by atoms with Gasteiger partial charge in [0.05, 0.1) is 0 Å². The highest BCUT2D eigenvalue weighted by Gasteiger charge is 2.64. The summed E-state index contributed by atoms with van der Waals surface area (Å²) in [4.78, 5) is 0. The minimum Gasteiger partial charge on any atom is -0.387 e. The molecule has 84 valence electrons. The minimum absolute atomic E-state index is 0.195. The molecule has 0 amide bonds. The molecular weight excluding hydrogens is 198 g/mol. The largest absolute Gasteiger partial charge is 0.387 e. The maximum Gasteiger partial charge on any atom is 0.269 e. The van der Waals surface area contributed by atoms with Crippen LogP contribution in [0.2, 0.25) is 0 Å². The zero-order valence-electron chi connectivity index (χ0n) is 7.94. The normalized spacial score (nSPS) is 48.9. The maximum atomic E-state index is 12.7. The topological polar surface area (TPSA) is 69.9 Å². The summed E-state index contributed by atoms with van der Waals surface area (Å²) in [6.45, 7) is 2.45. The second-order valence-corrected chi connectivity index (χ2v) is 3.71. The lowest BCUT2D eigenvalue weighted by Gasteiger charge is -2.31. The van der Waals surface area contributed by atoms with Crippen molar-refractivity contribution in [1.82, 2.24) is 0 Å². The monoisotopic (exact) mass is 212 g/mol. The van der Waals surface area contributed by atoms with Crippen LogP contribution in [0.3, 0.4) is 0 Å². The van der Waals surface area contributed by atoms with Gasteiger partial charge in [-0.15, -0.1) is 0 Å². The van der Waals surface area contributed by atoms with E-state index >= 15 is 0 Å². The Morgan fingerprint density at radius 2 is 1.93 bits per heavy atom. The van der Waals surface area contributed by atoms with Crippen LogP contribution in [0, 0.1) is 0 Å². The standard InChI is InChI=1S/C8H14F2O4/c1-3-8(5(9)10)4(11)7(2,13)6(12)14-8/h4-6,11-13H,3H2,1-2H3/t4-,6?,7+,8+/m0/s1. The van der Waals surface area contributed by atoms with E-state index in [-0.39, 0.29) is 6.42 Å². The Balaban J connectivity index is 3.04. The molecule has 0 radical (unpaired) electrons. The zero-order chi connectivity index (χ0) is 11.1. The predicted octanol–water partition coefficient (Wildman–Crippen LogP) is -0.139. The molecule has 1 heterocycles. The molecule has 1 aliphatic rings. The Hall–Kier alpha value is -0.300. The van der Waals surface area contributed by atoms with Crippen molar-refractivity contribution in [3.8, 4) is 0 Å². The van der Waals surface area contributed by atoms with Crippen molar-refractivity contribution in [2.75, 3.05) is 0 Å². The first-order valence-electron chi connectivity index (χ1n) is 4.33. The summed E-state index contributed by atoms with van der Waals surface area (Å²) in [6.07, 6.45) is -6.77. The van der Waals surface area contributed by atoms with Gasteiger partial charge >= 0.3 is 0 Å². The van der Waals surface area contributed by atoms with Crippen molar-refractivity contribution in [2.24, 2.45) is 0 Å². The zero-order valence-corrected chi connectivity index (χ0v) is 7.94. The fourth-order valence-corrected chi connectivity index (χ4v) is 1.62. The van der Waals surface area contributed by atoms with Gasteiger partial charge in [-0.1, -0.05) is 6.92 Å². The molecule has 1 rings (SSSR count). The van der Waals surface area contributed by atoms with Gasteiger partial charge in [0.1, 0.15) is 11.7 Å². The Morgan fingerprint density at radius 3 is 2.07 bits per heavy atom. The molecule has 0 saturated carbocycles. The number of alkyl halides is 2. The van der Waals surface area contributed by atoms with Gasteiger partial charge in [-0.2, -0.15) is 0 Å². The Bertz CT molecular complexity index is 221. The first-order chi connectivity index (χ1) is 6.29. The summed E-state index contributed by atoms with van der Waals surface area (Å²) in [7, 11) is 0. The first kappa shape index (κ1) is 11.8. The van der Waals surface area contributed by atoms with Gasteiger partial charge in [-0.25, -0.2) is 8.78 Å². The van der Waals surface area contributed by atoms with Gasteiger partial charge in [0, 0.05) is 0 Å². The second-order valence-electron chi connectivity index (χ2n) is 3.71. The van der Waals surface area contributed by atoms with Crippen molar-refractivity contribution in [2.45, 2.75) is 50.3 Å². The lowest BCUT2D eigenvalue weighted by Crippen LogP contribution is -2.53. The molecule has 0 spiro atoms. The smallest absolute Gasteiger partial charge is 0.269 e. The number of hydrogen-bond acceptors (Lipinski definition) is 4. The number of ether oxygens (including phenoxy) is 1. The van der Waals surface area contributed by atoms with Crippen molar-refractivity contribution in [3.05, 3.63) is 0 Å². The van der Waals surface area contributed by atoms with Crippen LogP contribution in [0.15, 0.2) is 0 Å². The van der Waals surface area contributed by atoms with Crippen molar-refractivity contribution in [3.63, 3.8) is 0 Å². The van der Waals surface area contributed by atoms with Crippen LogP contribution in [-0.2, 0) is 4.74 Å². The number of rotatable bonds is 2. The quantitative estimate of drug-likeness (QED) is 0.596. The summed E-state index contributed by atoms with van der Waals surface area (Å²) in [5.74, 6) is 0. The fraction of sp³-hybridized carbons (Fsp3) is 1.00. The van der Waals surface area contributed by atoms with Crippen molar-refractivity contribution < 1.29 is 28.8 Å². The van der Waals surface area contributed by atoms with E-state index < -0.39 is 30.0 Å². The highest BCUT2D eigenvalue weighted by molar-refractivity contribution is 5.07. The summed E-state index contributed by atoms with van der Waals surface area (Å²) in [5.41, 5.74) is -4.24. The molecule has 1 aliphatic heterocycles. The third kappa shape index (κ3) is 1.33. The summed E-state index contributed by atoms with van der Waals surface area (Å²) >= 11 is 0. The maximum absolute atomic E-state index is 12.7. The van der Waals surface area contributed by atoms with Gasteiger partial charge < -0.3 is 20.1 Å².